The summed E-state index contributed by atoms with van der Waals surface area (Å²) in [6.07, 6.45) is 0.126. The fourth-order valence-corrected chi connectivity index (χ4v) is 7.42. The van der Waals surface area contributed by atoms with Crippen LogP contribution in [0.1, 0.15) is 53.2 Å². The molecule has 0 radical (unpaired) electrons. The Labute approximate surface area is 283 Å². The summed E-state index contributed by atoms with van der Waals surface area (Å²) in [5, 5.41) is 19.9. The van der Waals surface area contributed by atoms with Crippen molar-refractivity contribution in [3.8, 4) is 6.07 Å². The first-order chi connectivity index (χ1) is 22.0. The number of benzene rings is 3. The van der Waals surface area contributed by atoms with Gasteiger partial charge in [0.15, 0.2) is 5.11 Å². The molecule has 3 aromatic carbocycles. The minimum Gasteiger partial charge on any atom is -0.444 e. The first-order valence-corrected chi connectivity index (χ1v) is 16.9. The summed E-state index contributed by atoms with van der Waals surface area (Å²) in [5.41, 5.74) is 4.39. The van der Waals surface area contributed by atoms with Crippen molar-refractivity contribution in [3.63, 3.8) is 0 Å². The molecule has 8 nitrogen and oxygen atoms in total. The van der Waals surface area contributed by atoms with E-state index in [1.165, 1.54) is 28.7 Å². The zero-order chi connectivity index (χ0) is 32.8. The lowest BCUT2D eigenvalue weighted by atomic mass is 10.0. The van der Waals surface area contributed by atoms with Crippen molar-refractivity contribution in [1.29, 1.82) is 5.26 Å². The maximum absolute atomic E-state index is 14.0. The van der Waals surface area contributed by atoms with Crippen molar-refractivity contribution in [2.75, 3.05) is 22.5 Å². The average molecular weight is 670 g/mol. The number of amides is 2. The SMILES string of the molecule is Cc1ccc(NC(=S)Nc2cccc(SC(C(=O)Nc3sc4c(c3C#N)CCN(C(=O)OC(C)(C)C)C4)c3ccccc3)c2)cc1. The summed E-state index contributed by atoms with van der Waals surface area (Å²) in [4.78, 5) is 30.1. The molecule has 1 aliphatic rings. The topological polar surface area (TPSA) is 106 Å². The van der Waals surface area contributed by atoms with Crippen molar-refractivity contribution in [1.82, 2.24) is 4.90 Å². The van der Waals surface area contributed by atoms with Gasteiger partial charge in [0.05, 0.1) is 12.1 Å². The van der Waals surface area contributed by atoms with Crippen LogP contribution in [0.15, 0.2) is 83.8 Å². The highest BCUT2D eigenvalue weighted by atomic mass is 32.2. The molecule has 2 amide bonds. The minimum absolute atomic E-state index is 0.245. The van der Waals surface area contributed by atoms with Crippen molar-refractivity contribution < 1.29 is 14.3 Å². The Bertz CT molecular complexity index is 1780. The van der Waals surface area contributed by atoms with Gasteiger partial charge < -0.3 is 25.6 Å². The Morgan fingerprint density at radius 1 is 1.00 bits per heavy atom. The Morgan fingerprint density at radius 2 is 1.72 bits per heavy atom. The first kappa shape index (κ1) is 33.0. The van der Waals surface area contributed by atoms with Crippen LogP contribution in [0, 0.1) is 18.3 Å². The van der Waals surface area contributed by atoms with E-state index < -0.39 is 10.9 Å². The van der Waals surface area contributed by atoms with Crippen LogP contribution in [0.25, 0.3) is 0 Å². The van der Waals surface area contributed by atoms with Crippen LogP contribution in [0.3, 0.4) is 0 Å². The number of thiocarbonyl (C=S) groups is 1. The van der Waals surface area contributed by atoms with Gasteiger partial charge in [-0.15, -0.1) is 23.1 Å². The van der Waals surface area contributed by atoms with Crippen molar-refractivity contribution >= 4 is 68.8 Å². The molecule has 0 spiro atoms. The molecular weight excluding hydrogens is 635 g/mol. The number of ether oxygens (including phenoxy) is 1. The number of aryl methyl sites for hydroxylation is 1. The van der Waals surface area contributed by atoms with Crippen LogP contribution in [0.4, 0.5) is 21.2 Å². The van der Waals surface area contributed by atoms with Gasteiger partial charge in [-0.3, -0.25) is 4.79 Å². The smallest absolute Gasteiger partial charge is 0.410 e. The summed E-state index contributed by atoms with van der Waals surface area (Å²) in [6, 6.07) is 27.5. The minimum atomic E-state index is -0.603. The predicted molar refractivity (Wildman–Crippen MR) is 191 cm³/mol. The van der Waals surface area contributed by atoms with Crippen molar-refractivity contribution in [2.24, 2.45) is 0 Å². The van der Waals surface area contributed by atoms with E-state index in [-0.39, 0.29) is 12.0 Å². The van der Waals surface area contributed by atoms with E-state index in [4.69, 9.17) is 17.0 Å². The molecule has 0 saturated carbocycles. The zero-order valence-electron chi connectivity index (χ0n) is 26.0. The molecule has 1 atom stereocenters. The quantitative estimate of drug-likeness (QED) is 0.133. The second-order valence-electron chi connectivity index (χ2n) is 11.8. The molecule has 3 N–H and O–H groups in total. The van der Waals surface area contributed by atoms with E-state index in [0.29, 0.717) is 35.2 Å². The zero-order valence-corrected chi connectivity index (χ0v) is 28.5. The number of rotatable bonds is 7. The lowest BCUT2D eigenvalue weighted by Crippen LogP contribution is -2.39. The van der Waals surface area contributed by atoms with Gasteiger partial charge in [-0.2, -0.15) is 5.26 Å². The molecule has 0 bridgehead atoms. The fourth-order valence-electron chi connectivity index (χ4n) is 4.88. The first-order valence-electron chi connectivity index (χ1n) is 14.8. The molecule has 236 valence electrons. The predicted octanol–water partition coefficient (Wildman–Crippen LogP) is 8.50. The lowest BCUT2D eigenvalue weighted by Gasteiger charge is -2.29. The van der Waals surface area contributed by atoms with Gasteiger partial charge in [0, 0.05) is 27.7 Å². The van der Waals surface area contributed by atoms with Gasteiger partial charge >= 0.3 is 6.09 Å². The monoisotopic (exact) mass is 669 g/mol. The maximum Gasteiger partial charge on any atom is 0.410 e. The summed E-state index contributed by atoms with van der Waals surface area (Å²) in [6.45, 7) is 8.30. The van der Waals surface area contributed by atoms with Crippen LogP contribution < -0.4 is 16.0 Å². The van der Waals surface area contributed by atoms with E-state index in [9.17, 15) is 14.9 Å². The molecule has 1 unspecified atom stereocenters. The molecule has 11 heteroatoms. The largest absolute Gasteiger partial charge is 0.444 e. The van der Waals surface area contributed by atoms with Gasteiger partial charge in [0.2, 0.25) is 5.91 Å². The fraction of sp³-hybridized carbons (Fsp3) is 0.257. The normalized spacial score (nSPS) is 13.2. The van der Waals surface area contributed by atoms with Gasteiger partial charge in [0.1, 0.15) is 21.9 Å². The van der Waals surface area contributed by atoms with Crippen molar-refractivity contribution in [3.05, 3.63) is 106 Å². The summed E-state index contributed by atoms with van der Waals surface area (Å²) in [5.74, 6) is -0.245. The molecule has 2 heterocycles. The van der Waals surface area contributed by atoms with Crippen LogP contribution in [-0.4, -0.2) is 34.2 Å². The van der Waals surface area contributed by atoms with Crippen molar-refractivity contribution in [2.45, 2.75) is 56.4 Å². The molecule has 46 heavy (non-hydrogen) atoms. The summed E-state index contributed by atoms with van der Waals surface area (Å²) >= 11 is 8.28. The highest BCUT2D eigenvalue weighted by molar-refractivity contribution is 8.00. The van der Waals surface area contributed by atoms with Crippen LogP contribution in [0.5, 0.6) is 0 Å². The third-order valence-corrected chi connectivity index (χ3v) is 9.64. The number of thiophene rings is 1. The summed E-state index contributed by atoms with van der Waals surface area (Å²) < 4.78 is 5.56. The van der Waals surface area contributed by atoms with Crippen LogP contribution >= 0.6 is 35.3 Å². The Morgan fingerprint density at radius 3 is 2.41 bits per heavy atom. The average Bonchev–Trinajstić information content (AvgIpc) is 3.36. The number of carbonyl (C=O) groups excluding carboxylic acids is 2. The Balaban J connectivity index is 1.32. The second-order valence-corrected chi connectivity index (χ2v) is 14.5. The van der Waals surface area contributed by atoms with Gasteiger partial charge in [0.25, 0.3) is 0 Å². The number of nitrogens with zero attached hydrogens (tertiary/aromatic N) is 2. The standard InChI is InChI=1S/C35H35N5O3S3/c1-22-13-15-24(16-14-22)37-33(44)38-25-11-8-12-26(19-25)45-30(23-9-6-5-7-10-23)31(41)39-32-28(20-36)27-17-18-40(21-29(27)46-32)34(42)43-35(2,3)4/h5-16,19,30H,17-18,21H2,1-4H3,(H,39,41)(H2,37,38,44). The molecule has 5 rings (SSSR count). The molecule has 4 aromatic rings. The number of hydrogen-bond donors (Lipinski definition) is 3. The molecule has 0 saturated heterocycles. The number of fused-ring (bicyclic) bond motifs is 1. The molecule has 0 fully saturated rings. The number of nitrogens with one attached hydrogen (secondary N) is 3. The molecule has 0 aliphatic carbocycles. The van der Waals surface area contributed by atoms with Gasteiger partial charge in [-0.1, -0.05) is 54.1 Å². The number of carbonyl (C=O) groups is 2. The van der Waals surface area contributed by atoms with Crippen LogP contribution in [0.2, 0.25) is 0 Å². The number of hydrogen-bond acceptors (Lipinski definition) is 7. The summed E-state index contributed by atoms with van der Waals surface area (Å²) in [7, 11) is 0. The second kappa shape index (κ2) is 14.4. The Hall–Kier alpha value is -4.37. The number of nitriles is 1. The van der Waals surface area contributed by atoms with Gasteiger partial charge in [-0.05, 0) is 87.8 Å². The Kier molecular flexibility index (Phi) is 10.3. The maximum atomic E-state index is 14.0. The lowest BCUT2D eigenvalue weighted by molar-refractivity contribution is -0.115. The van der Waals surface area contributed by atoms with E-state index in [2.05, 4.69) is 22.0 Å². The van der Waals surface area contributed by atoms with Gasteiger partial charge in [-0.25, -0.2) is 4.79 Å². The highest BCUT2D eigenvalue weighted by Gasteiger charge is 2.31. The van der Waals surface area contributed by atoms with E-state index in [1.807, 2.05) is 107 Å². The highest BCUT2D eigenvalue weighted by Crippen LogP contribution is 2.41. The molecule has 1 aliphatic heterocycles. The molecular formula is C35H35N5O3S3. The third kappa shape index (κ3) is 8.46. The van der Waals surface area contributed by atoms with Crippen LogP contribution in [-0.2, 0) is 22.5 Å². The number of anilines is 3. The van der Waals surface area contributed by atoms with E-state index >= 15 is 0 Å². The number of thioether (sulfide) groups is 1. The third-order valence-electron chi connectivity index (χ3n) is 7.05. The molecule has 1 aromatic heterocycles. The van der Waals surface area contributed by atoms with E-state index in [0.717, 1.165) is 32.3 Å². The van der Waals surface area contributed by atoms with E-state index in [1.54, 1.807) is 4.90 Å².